The molecular formula is C19H19N3O2. The second-order valence-corrected chi connectivity index (χ2v) is 6.05. The third-order valence-electron chi connectivity index (χ3n) is 4.65. The summed E-state index contributed by atoms with van der Waals surface area (Å²) in [5, 5.41) is 19.9. The number of nitrogens with zero attached hydrogens (tertiary/aromatic N) is 3. The molecule has 5 heteroatoms. The topological polar surface area (TPSA) is 77.2 Å². The van der Waals surface area contributed by atoms with Crippen molar-refractivity contribution in [3.05, 3.63) is 66.0 Å². The molecular weight excluding hydrogens is 302 g/mol. The standard InChI is InChI=1S/C19H19N3O2/c20-14-19(16-8-4-5-11-21-16)9-12-22(13-10-19)18(24)17(23)15-6-2-1-3-7-15/h1-8,11,17,23H,9-10,12-13H2. The number of benzene rings is 1. The summed E-state index contributed by atoms with van der Waals surface area (Å²) in [5.41, 5.74) is 0.683. The van der Waals surface area contributed by atoms with Crippen molar-refractivity contribution in [2.24, 2.45) is 0 Å². The number of pyridine rings is 1. The van der Waals surface area contributed by atoms with Crippen LogP contribution < -0.4 is 0 Å². The van der Waals surface area contributed by atoms with E-state index in [-0.39, 0.29) is 5.91 Å². The summed E-state index contributed by atoms with van der Waals surface area (Å²) in [6.07, 6.45) is 1.57. The van der Waals surface area contributed by atoms with E-state index in [1.165, 1.54) is 0 Å². The average Bonchev–Trinajstić information content (AvgIpc) is 2.68. The Kier molecular flexibility index (Phi) is 4.59. The van der Waals surface area contributed by atoms with E-state index in [0.717, 1.165) is 5.69 Å². The highest BCUT2D eigenvalue weighted by atomic mass is 16.3. The minimum atomic E-state index is -1.16. The van der Waals surface area contributed by atoms with E-state index in [1.54, 1.807) is 35.4 Å². The highest BCUT2D eigenvalue weighted by molar-refractivity contribution is 5.82. The van der Waals surface area contributed by atoms with Crippen LogP contribution in [0.5, 0.6) is 0 Å². The molecule has 0 spiro atoms. The first-order valence-corrected chi connectivity index (χ1v) is 8.01. The Balaban J connectivity index is 1.71. The molecule has 1 aliphatic heterocycles. The first-order chi connectivity index (χ1) is 11.7. The van der Waals surface area contributed by atoms with Gasteiger partial charge in [0.2, 0.25) is 0 Å². The number of likely N-dealkylation sites (tertiary alicyclic amines) is 1. The molecule has 122 valence electrons. The molecule has 2 heterocycles. The van der Waals surface area contributed by atoms with Crippen molar-refractivity contribution in [3.63, 3.8) is 0 Å². The van der Waals surface area contributed by atoms with Gasteiger partial charge < -0.3 is 10.0 Å². The van der Waals surface area contributed by atoms with E-state index < -0.39 is 11.5 Å². The Labute approximate surface area is 141 Å². The van der Waals surface area contributed by atoms with E-state index in [2.05, 4.69) is 11.1 Å². The normalized spacial score (nSPS) is 17.8. The summed E-state index contributed by atoms with van der Waals surface area (Å²) < 4.78 is 0. The van der Waals surface area contributed by atoms with Crippen molar-refractivity contribution in [3.8, 4) is 6.07 Å². The highest BCUT2D eigenvalue weighted by Gasteiger charge is 2.39. The maximum absolute atomic E-state index is 12.5. The third kappa shape index (κ3) is 3.01. The van der Waals surface area contributed by atoms with Gasteiger partial charge in [0.05, 0.1) is 11.8 Å². The fraction of sp³-hybridized carbons (Fsp3) is 0.316. The van der Waals surface area contributed by atoms with Crippen molar-refractivity contribution < 1.29 is 9.90 Å². The van der Waals surface area contributed by atoms with Crippen LogP contribution in [0.1, 0.15) is 30.2 Å². The number of aliphatic hydroxyl groups excluding tert-OH is 1. The molecule has 1 amide bonds. The number of hydrogen-bond donors (Lipinski definition) is 1. The molecule has 1 fully saturated rings. The molecule has 3 rings (SSSR count). The van der Waals surface area contributed by atoms with Crippen LogP contribution in [0.3, 0.4) is 0 Å². The molecule has 1 aromatic heterocycles. The molecule has 0 aliphatic carbocycles. The minimum absolute atomic E-state index is 0.311. The Morgan fingerprint density at radius 3 is 2.42 bits per heavy atom. The summed E-state index contributed by atoms with van der Waals surface area (Å²) in [5.74, 6) is -0.311. The fourth-order valence-corrected chi connectivity index (χ4v) is 3.13. The lowest BCUT2D eigenvalue weighted by atomic mass is 9.76. The molecule has 1 unspecified atom stereocenters. The summed E-state index contributed by atoms with van der Waals surface area (Å²) in [6, 6.07) is 16.9. The molecule has 1 aliphatic rings. The van der Waals surface area contributed by atoms with Gasteiger partial charge in [-0.3, -0.25) is 9.78 Å². The number of aromatic nitrogens is 1. The van der Waals surface area contributed by atoms with Gasteiger partial charge in [-0.25, -0.2) is 0 Å². The summed E-state index contributed by atoms with van der Waals surface area (Å²) in [6.45, 7) is 0.875. The first kappa shape index (κ1) is 16.2. The monoisotopic (exact) mass is 321 g/mol. The van der Waals surface area contributed by atoms with Crippen LogP contribution in [-0.4, -0.2) is 34.0 Å². The predicted octanol–water partition coefficient (Wildman–Crippen LogP) is 2.20. The van der Waals surface area contributed by atoms with Gasteiger partial charge >= 0.3 is 0 Å². The Hall–Kier alpha value is -2.71. The second kappa shape index (κ2) is 6.81. The van der Waals surface area contributed by atoms with E-state index in [0.29, 0.717) is 31.5 Å². The number of hydrogen-bond acceptors (Lipinski definition) is 4. The second-order valence-electron chi connectivity index (χ2n) is 6.05. The lowest BCUT2D eigenvalue weighted by Gasteiger charge is -2.37. The predicted molar refractivity (Wildman–Crippen MR) is 88.7 cm³/mol. The lowest BCUT2D eigenvalue weighted by molar-refractivity contribution is -0.142. The van der Waals surface area contributed by atoms with E-state index >= 15 is 0 Å². The van der Waals surface area contributed by atoms with Gasteiger partial charge in [-0.15, -0.1) is 0 Å². The largest absolute Gasteiger partial charge is 0.378 e. The van der Waals surface area contributed by atoms with E-state index in [4.69, 9.17) is 0 Å². The van der Waals surface area contributed by atoms with Gasteiger partial charge in [0.15, 0.2) is 6.10 Å². The van der Waals surface area contributed by atoms with Gasteiger partial charge in [0.1, 0.15) is 5.41 Å². The molecule has 1 aromatic carbocycles. The Bertz CT molecular complexity index is 732. The molecule has 1 atom stereocenters. The number of nitriles is 1. The Morgan fingerprint density at radius 1 is 1.17 bits per heavy atom. The van der Waals surface area contributed by atoms with Gasteiger partial charge in [-0.2, -0.15) is 5.26 Å². The average molecular weight is 321 g/mol. The van der Waals surface area contributed by atoms with Crippen LogP contribution in [0.2, 0.25) is 0 Å². The fourth-order valence-electron chi connectivity index (χ4n) is 3.13. The van der Waals surface area contributed by atoms with Crippen molar-refractivity contribution in [2.75, 3.05) is 13.1 Å². The number of piperidine rings is 1. The van der Waals surface area contributed by atoms with Gasteiger partial charge in [-0.1, -0.05) is 36.4 Å². The van der Waals surface area contributed by atoms with Crippen molar-refractivity contribution in [1.82, 2.24) is 9.88 Å². The SMILES string of the molecule is N#CC1(c2ccccn2)CCN(C(=O)C(O)c2ccccc2)CC1. The van der Waals surface area contributed by atoms with Crippen molar-refractivity contribution in [2.45, 2.75) is 24.4 Å². The van der Waals surface area contributed by atoms with Crippen LogP contribution in [0.4, 0.5) is 0 Å². The maximum atomic E-state index is 12.5. The minimum Gasteiger partial charge on any atom is -0.378 e. The van der Waals surface area contributed by atoms with E-state index in [9.17, 15) is 15.2 Å². The van der Waals surface area contributed by atoms with Crippen LogP contribution in [0.25, 0.3) is 0 Å². The van der Waals surface area contributed by atoms with Gasteiger partial charge in [0.25, 0.3) is 5.91 Å². The summed E-state index contributed by atoms with van der Waals surface area (Å²) >= 11 is 0. The zero-order valence-corrected chi connectivity index (χ0v) is 13.3. The van der Waals surface area contributed by atoms with Gasteiger partial charge in [0, 0.05) is 19.3 Å². The van der Waals surface area contributed by atoms with E-state index in [1.807, 2.05) is 24.3 Å². The van der Waals surface area contributed by atoms with Crippen LogP contribution >= 0.6 is 0 Å². The van der Waals surface area contributed by atoms with Crippen molar-refractivity contribution >= 4 is 5.91 Å². The smallest absolute Gasteiger partial charge is 0.256 e. The maximum Gasteiger partial charge on any atom is 0.256 e. The Morgan fingerprint density at radius 2 is 1.83 bits per heavy atom. The number of carbonyl (C=O) groups excluding carboxylic acids is 1. The first-order valence-electron chi connectivity index (χ1n) is 8.01. The summed E-state index contributed by atoms with van der Waals surface area (Å²) in [7, 11) is 0. The van der Waals surface area contributed by atoms with Crippen molar-refractivity contribution in [1.29, 1.82) is 5.26 Å². The van der Waals surface area contributed by atoms with Crippen LogP contribution in [0, 0.1) is 11.3 Å². The molecule has 0 bridgehead atoms. The molecule has 1 N–H and O–H groups in total. The molecule has 1 saturated heterocycles. The van der Waals surface area contributed by atoms with Crippen LogP contribution in [0.15, 0.2) is 54.7 Å². The number of carbonyl (C=O) groups is 1. The lowest BCUT2D eigenvalue weighted by Crippen LogP contribution is -2.46. The van der Waals surface area contributed by atoms with Crippen LogP contribution in [-0.2, 0) is 10.2 Å². The summed E-state index contributed by atoms with van der Waals surface area (Å²) in [4.78, 5) is 18.5. The molecule has 0 saturated carbocycles. The molecule has 2 aromatic rings. The zero-order valence-electron chi connectivity index (χ0n) is 13.3. The quantitative estimate of drug-likeness (QED) is 0.940. The molecule has 5 nitrogen and oxygen atoms in total. The third-order valence-corrected chi connectivity index (χ3v) is 4.65. The highest BCUT2D eigenvalue weighted by Crippen LogP contribution is 2.34. The number of amides is 1. The molecule has 24 heavy (non-hydrogen) atoms. The van der Waals surface area contributed by atoms with Gasteiger partial charge in [-0.05, 0) is 30.5 Å². The zero-order chi connectivity index (χ0) is 17.0. The number of rotatable bonds is 3. The number of aliphatic hydroxyl groups is 1. The molecule has 0 radical (unpaired) electrons.